The molecule has 1 atom stereocenters. The van der Waals surface area contributed by atoms with Crippen LogP contribution < -0.4 is 0 Å². The molecule has 0 heterocycles. The fourth-order valence-electron chi connectivity index (χ4n) is 2.13. The van der Waals surface area contributed by atoms with Gasteiger partial charge in [0.1, 0.15) is 5.92 Å². The Bertz CT molecular complexity index is 223. The first-order chi connectivity index (χ1) is 6.61. The normalized spacial score (nSPS) is 20.3. The molecule has 5 nitrogen and oxygen atoms in total. The summed E-state index contributed by atoms with van der Waals surface area (Å²) in [5, 5.41) is 19.2. The monoisotopic (exact) mass is 201 g/mol. The lowest BCUT2D eigenvalue weighted by Crippen LogP contribution is -2.31. The highest BCUT2D eigenvalue weighted by molar-refractivity contribution is 5.70. The van der Waals surface area contributed by atoms with Crippen molar-refractivity contribution in [3.63, 3.8) is 0 Å². The average molecular weight is 201 g/mol. The van der Waals surface area contributed by atoms with Crippen molar-refractivity contribution in [3.05, 3.63) is 10.1 Å². The van der Waals surface area contributed by atoms with E-state index in [9.17, 15) is 14.9 Å². The van der Waals surface area contributed by atoms with Gasteiger partial charge in [0.05, 0.1) is 0 Å². The molecule has 0 saturated heterocycles. The molecule has 1 unspecified atom stereocenters. The van der Waals surface area contributed by atoms with Crippen molar-refractivity contribution in [3.8, 4) is 0 Å². The zero-order chi connectivity index (χ0) is 10.6. The van der Waals surface area contributed by atoms with Crippen molar-refractivity contribution in [2.24, 2.45) is 11.8 Å². The van der Waals surface area contributed by atoms with Crippen LogP contribution in [0.25, 0.3) is 0 Å². The fourth-order valence-corrected chi connectivity index (χ4v) is 2.13. The van der Waals surface area contributed by atoms with Crippen LogP contribution in [0.3, 0.4) is 0 Å². The minimum absolute atomic E-state index is 0.00616. The highest BCUT2D eigenvalue weighted by Gasteiger charge is 2.33. The number of nitrogens with zero attached hydrogens (tertiary/aromatic N) is 1. The van der Waals surface area contributed by atoms with Crippen molar-refractivity contribution < 1.29 is 14.8 Å². The molecule has 0 spiro atoms. The first kappa shape index (κ1) is 10.9. The van der Waals surface area contributed by atoms with Crippen molar-refractivity contribution >= 4 is 5.97 Å². The minimum Gasteiger partial charge on any atom is -0.481 e. The predicted octanol–water partition coefficient (Wildman–Crippen LogP) is 1.54. The van der Waals surface area contributed by atoms with Crippen LogP contribution in [0, 0.1) is 22.0 Å². The Kier molecular flexibility index (Phi) is 3.85. The van der Waals surface area contributed by atoms with E-state index in [1.165, 1.54) is 0 Å². The Hall–Kier alpha value is -1.13. The van der Waals surface area contributed by atoms with E-state index >= 15 is 0 Å². The number of carboxylic acids is 1. The van der Waals surface area contributed by atoms with Gasteiger partial charge in [-0.3, -0.25) is 14.9 Å². The van der Waals surface area contributed by atoms with Gasteiger partial charge in [0.25, 0.3) is 0 Å². The fraction of sp³-hybridized carbons (Fsp3) is 0.889. The summed E-state index contributed by atoms with van der Waals surface area (Å²) in [6.07, 6.45) is 4.79. The average Bonchev–Trinajstić information content (AvgIpc) is 2.15. The van der Waals surface area contributed by atoms with Crippen LogP contribution in [0.1, 0.15) is 32.1 Å². The molecule has 0 radical (unpaired) electrons. The Morgan fingerprint density at radius 3 is 2.43 bits per heavy atom. The van der Waals surface area contributed by atoms with Crippen LogP contribution in [0.5, 0.6) is 0 Å². The highest BCUT2D eigenvalue weighted by atomic mass is 16.6. The second-order valence-corrected chi connectivity index (χ2v) is 3.86. The van der Waals surface area contributed by atoms with Gasteiger partial charge in [0, 0.05) is 4.92 Å². The molecular formula is C9H15NO4. The second kappa shape index (κ2) is 4.93. The molecule has 0 aromatic carbocycles. The number of nitro groups is 1. The van der Waals surface area contributed by atoms with E-state index in [1.807, 2.05) is 0 Å². The largest absolute Gasteiger partial charge is 0.481 e. The van der Waals surface area contributed by atoms with Crippen molar-refractivity contribution in [2.45, 2.75) is 32.1 Å². The zero-order valence-corrected chi connectivity index (χ0v) is 8.02. The smallest absolute Gasteiger partial charge is 0.313 e. The van der Waals surface area contributed by atoms with Crippen LogP contribution in [0.15, 0.2) is 0 Å². The van der Waals surface area contributed by atoms with Gasteiger partial charge in [-0.05, 0) is 18.8 Å². The summed E-state index contributed by atoms with van der Waals surface area (Å²) < 4.78 is 0. The van der Waals surface area contributed by atoms with E-state index in [0.717, 1.165) is 32.1 Å². The molecule has 14 heavy (non-hydrogen) atoms. The maximum Gasteiger partial charge on any atom is 0.313 e. The first-order valence-electron chi connectivity index (χ1n) is 4.96. The summed E-state index contributed by atoms with van der Waals surface area (Å²) >= 11 is 0. The molecule has 1 saturated carbocycles. The summed E-state index contributed by atoms with van der Waals surface area (Å²) in [4.78, 5) is 20.6. The van der Waals surface area contributed by atoms with Gasteiger partial charge in [-0.1, -0.05) is 19.3 Å². The predicted molar refractivity (Wildman–Crippen MR) is 49.6 cm³/mol. The molecule has 1 aliphatic rings. The third-order valence-corrected chi connectivity index (χ3v) is 2.88. The molecule has 1 aliphatic carbocycles. The number of aliphatic carboxylic acids is 1. The molecule has 5 heteroatoms. The van der Waals surface area contributed by atoms with Gasteiger partial charge in [-0.2, -0.15) is 0 Å². The van der Waals surface area contributed by atoms with E-state index in [2.05, 4.69) is 0 Å². The molecule has 0 aliphatic heterocycles. The highest BCUT2D eigenvalue weighted by Crippen LogP contribution is 2.30. The van der Waals surface area contributed by atoms with Crippen molar-refractivity contribution in [2.75, 3.05) is 6.54 Å². The Morgan fingerprint density at radius 1 is 1.43 bits per heavy atom. The molecule has 0 aromatic heterocycles. The number of carbonyl (C=O) groups is 1. The van der Waals surface area contributed by atoms with E-state index in [1.54, 1.807) is 0 Å². The quantitative estimate of drug-likeness (QED) is 0.552. The Labute approximate surface area is 82.3 Å². The van der Waals surface area contributed by atoms with E-state index in [4.69, 9.17) is 5.11 Å². The van der Waals surface area contributed by atoms with Gasteiger partial charge in [-0.25, -0.2) is 0 Å². The molecule has 1 rings (SSSR count). The van der Waals surface area contributed by atoms with Crippen LogP contribution in [-0.2, 0) is 4.79 Å². The lowest BCUT2D eigenvalue weighted by atomic mass is 9.80. The summed E-state index contributed by atoms with van der Waals surface area (Å²) in [7, 11) is 0. The molecular weight excluding hydrogens is 186 g/mol. The molecule has 1 fully saturated rings. The Morgan fingerprint density at radius 2 is 2.00 bits per heavy atom. The van der Waals surface area contributed by atoms with Gasteiger partial charge in [0.2, 0.25) is 6.54 Å². The third-order valence-electron chi connectivity index (χ3n) is 2.88. The van der Waals surface area contributed by atoms with Gasteiger partial charge in [0.15, 0.2) is 0 Å². The van der Waals surface area contributed by atoms with Crippen LogP contribution in [0.4, 0.5) is 0 Å². The molecule has 80 valence electrons. The lowest BCUT2D eigenvalue weighted by molar-refractivity contribution is -0.487. The number of hydrogen-bond acceptors (Lipinski definition) is 3. The Balaban J connectivity index is 2.56. The van der Waals surface area contributed by atoms with E-state index in [0.29, 0.717) is 0 Å². The standard InChI is InChI=1S/C9H15NO4/c11-9(12)8(6-10(13)14)7-4-2-1-3-5-7/h7-8H,1-6H2,(H,11,12). The number of carboxylic acid groups (broad SMARTS) is 1. The lowest BCUT2D eigenvalue weighted by Gasteiger charge is -2.24. The molecule has 0 bridgehead atoms. The topological polar surface area (TPSA) is 80.4 Å². The van der Waals surface area contributed by atoms with E-state index < -0.39 is 23.4 Å². The third kappa shape index (κ3) is 2.97. The maximum atomic E-state index is 10.8. The molecule has 1 N–H and O–H groups in total. The number of rotatable bonds is 4. The summed E-state index contributed by atoms with van der Waals surface area (Å²) in [5.41, 5.74) is 0. The number of hydrogen-bond donors (Lipinski definition) is 1. The minimum atomic E-state index is -1.02. The van der Waals surface area contributed by atoms with Gasteiger partial charge in [-0.15, -0.1) is 0 Å². The van der Waals surface area contributed by atoms with Crippen LogP contribution >= 0.6 is 0 Å². The SMILES string of the molecule is O=C(O)C(C[N+](=O)[O-])C1CCCCC1. The van der Waals surface area contributed by atoms with Crippen LogP contribution in [0.2, 0.25) is 0 Å². The second-order valence-electron chi connectivity index (χ2n) is 3.86. The summed E-state index contributed by atoms with van der Waals surface area (Å²) in [5.74, 6) is -1.80. The molecule has 0 aromatic rings. The van der Waals surface area contributed by atoms with Gasteiger partial charge >= 0.3 is 5.97 Å². The van der Waals surface area contributed by atoms with Crippen molar-refractivity contribution in [1.29, 1.82) is 0 Å². The van der Waals surface area contributed by atoms with Gasteiger partial charge < -0.3 is 5.11 Å². The maximum absolute atomic E-state index is 10.8. The zero-order valence-electron chi connectivity index (χ0n) is 8.02. The van der Waals surface area contributed by atoms with Crippen molar-refractivity contribution in [1.82, 2.24) is 0 Å². The summed E-state index contributed by atoms with van der Waals surface area (Å²) in [6, 6.07) is 0. The van der Waals surface area contributed by atoms with Crippen LogP contribution in [-0.4, -0.2) is 22.5 Å². The summed E-state index contributed by atoms with van der Waals surface area (Å²) in [6.45, 7) is -0.431. The van der Waals surface area contributed by atoms with E-state index in [-0.39, 0.29) is 5.92 Å². The first-order valence-corrected chi connectivity index (χ1v) is 4.96. The molecule has 0 amide bonds.